The van der Waals surface area contributed by atoms with Crippen LogP contribution in [0.3, 0.4) is 0 Å². The van der Waals surface area contributed by atoms with Gasteiger partial charge in [-0.1, -0.05) is 6.42 Å². The number of piperidine rings is 1. The van der Waals surface area contributed by atoms with Crippen molar-refractivity contribution in [1.82, 2.24) is 4.90 Å². The summed E-state index contributed by atoms with van der Waals surface area (Å²) in [6.45, 7) is 7.72. The topological polar surface area (TPSA) is 6.48 Å². The minimum Gasteiger partial charge on any atom is -0.366 e. The molecule has 2 heterocycles. The predicted molar refractivity (Wildman–Crippen MR) is 84.9 cm³/mol. The van der Waals surface area contributed by atoms with E-state index in [-0.39, 0.29) is 5.82 Å². The van der Waals surface area contributed by atoms with Gasteiger partial charge < -0.3 is 4.90 Å². The minimum absolute atomic E-state index is 0.171. The van der Waals surface area contributed by atoms with Crippen LogP contribution in [0.4, 0.5) is 10.1 Å². The van der Waals surface area contributed by atoms with E-state index in [2.05, 4.69) is 32.7 Å². The molecule has 4 heteroatoms. The molecule has 1 aromatic rings. The summed E-state index contributed by atoms with van der Waals surface area (Å²) in [6, 6.07) is 4.74. The first-order chi connectivity index (χ1) is 9.56. The number of nitrogens with zero attached hydrogens (tertiary/aromatic N) is 2. The smallest absolute Gasteiger partial charge is 0.137 e. The lowest BCUT2D eigenvalue weighted by Crippen LogP contribution is -2.59. The van der Waals surface area contributed by atoms with Gasteiger partial charge in [-0.2, -0.15) is 0 Å². The van der Waals surface area contributed by atoms with Gasteiger partial charge in [0.1, 0.15) is 5.82 Å². The monoisotopic (exact) mass is 340 g/mol. The van der Waals surface area contributed by atoms with Crippen molar-refractivity contribution in [1.29, 1.82) is 0 Å². The molecule has 2 aliphatic rings. The van der Waals surface area contributed by atoms with E-state index >= 15 is 0 Å². The second-order valence-corrected chi connectivity index (χ2v) is 7.05. The molecular weight excluding hydrogens is 319 g/mol. The summed E-state index contributed by atoms with van der Waals surface area (Å²) < 4.78 is 14.2. The van der Waals surface area contributed by atoms with Crippen LogP contribution in [-0.2, 0) is 0 Å². The van der Waals surface area contributed by atoms with Crippen molar-refractivity contribution in [2.24, 2.45) is 0 Å². The molecular formula is C16H22BrFN2. The van der Waals surface area contributed by atoms with Crippen molar-refractivity contribution < 1.29 is 4.39 Å². The Kier molecular flexibility index (Phi) is 4.04. The van der Waals surface area contributed by atoms with E-state index in [0.29, 0.717) is 16.6 Å². The molecule has 0 spiro atoms. The molecule has 0 aliphatic carbocycles. The Bertz CT molecular complexity index is 505. The molecule has 2 aliphatic heterocycles. The van der Waals surface area contributed by atoms with E-state index in [1.54, 1.807) is 6.07 Å². The summed E-state index contributed by atoms with van der Waals surface area (Å²) in [4.78, 5) is 5.10. The Morgan fingerprint density at radius 2 is 2.05 bits per heavy atom. The number of fused-ring (bicyclic) bond motifs is 1. The lowest BCUT2D eigenvalue weighted by atomic mass is 9.96. The van der Waals surface area contributed by atoms with Crippen molar-refractivity contribution in [3.8, 4) is 0 Å². The Balaban J connectivity index is 1.88. The van der Waals surface area contributed by atoms with Gasteiger partial charge in [0, 0.05) is 30.9 Å². The van der Waals surface area contributed by atoms with Gasteiger partial charge in [-0.15, -0.1) is 0 Å². The van der Waals surface area contributed by atoms with E-state index in [1.165, 1.54) is 31.5 Å². The Labute approximate surface area is 129 Å². The molecule has 2 atom stereocenters. The third-order valence-electron chi connectivity index (χ3n) is 4.74. The SMILES string of the molecule is Cc1cc(F)c(Br)cc1N1CC2CCCCN2CC1C. The Morgan fingerprint density at radius 3 is 2.85 bits per heavy atom. The fraction of sp³-hybridized carbons (Fsp3) is 0.625. The maximum Gasteiger partial charge on any atom is 0.137 e. The zero-order valence-electron chi connectivity index (χ0n) is 12.2. The first kappa shape index (κ1) is 14.3. The van der Waals surface area contributed by atoms with E-state index in [0.717, 1.165) is 18.7 Å². The zero-order chi connectivity index (χ0) is 14.3. The molecule has 0 amide bonds. The molecule has 2 nitrogen and oxygen atoms in total. The third-order valence-corrected chi connectivity index (χ3v) is 5.34. The summed E-state index contributed by atoms with van der Waals surface area (Å²) >= 11 is 3.32. The highest BCUT2D eigenvalue weighted by Crippen LogP contribution is 2.32. The van der Waals surface area contributed by atoms with Crippen molar-refractivity contribution in [3.05, 3.63) is 28.0 Å². The van der Waals surface area contributed by atoms with Gasteiger partial charge in [-0.25, -0.2) is 4.39 Å². The van der Waals surface area contributed by atoms with Gasteiger partial charge in [0.25, 0.3) is 0 Å². The standard InChI is InChI=1S/C16H22BrFN2/c1-11-7-15(18)14(17)8-16(11)20-10-13-5-3-4-6-19(13)9-12(20)2/h7-8,12-13H,3-6,9-10H2,1-2H3. The second kappa shape index (κ2) is 5.64. The van der Waals surface area contributed by atoms with Crippen molar-refractivity contribution in [2.45, 2.75) is 45.2 Å². The number of rotatable bonds is 1. The number of anilines is 1. The van der Waals surface area contributed by atoms with Crippen LogP contribution in [-0.4, -0.2) is 36.6 Å². The number of piperazine rings is 1. The molecule has 110 valence electrons. The van der Waals surface area contributed by atoms with Crippen LogP contribution in [0.15, 0.2) is 16.6 Å². The molecule has 0 saturated carbocycles. The predicted octanol–water partition coefficient (Wildman–Crippen LogP) is 3.96. The van der Waals surface area contributed by atoms with Crippen LogP contribution in [0.1, 0.15) is 31.7 Å². The highest BCUT2D eigenvalue weighted by Gasteiger charge is 2.33. The summed E-state index contributed by atoms with van der Waals surface area (Å²) in [5.41, 5.74) is 2.21. The normalized spacial score (nSPS) is 27.5. The summed E-state index contributed by atoms with van der Waals surface area (Å²) in [6.07, 6.45) is 3.98. The van der Waals surface area contributed by atoms with Crippen molar-refractivity contribution >= 4 is 21.6 Å². The minimum atomic E-state index is -0.171. The molecule has 2 saturated heterocycles. The summed E-state index contributed by atoms with van der Waals surface area (Å²) in [5, 5.41) is 0. The van der Waals surface area contributed by atoms with Crippen LogP contribution < -0.4 is 4.90 Å². The van der Waals surface area contributed by atoms with Gasteiger partial charge >= 0.3 is 0 Å². The lowest BCUT2D eigenvalue weighted by Gasteiger charge is -2.48. The van der Waals surface area contributed by atoms with Gasteiger partial charge in [0.2, 0.25) is 0 Å². The van der Waals surface area contributed by atoms with Crippen molar-refractivity contribution in [3.63, 3.8) is 0 Å². The fourth-order valence-corrected chi connectivity index (χ4v) is 3.96. The first-order valence-corrected chi connectivity index (χ1v) is 8.32. The van der Waals surface area contributed by atoms with Crippen molar-refractivity contribution in [2.75, 3.05) is 24.5 Å². The molecule has 3 rings (SSSR count). The van der Waals surface area contributed by atoms with Gasteiger partial charge in [-0.05, 0) is 66.9 Å². The quantitative estimate of drug-likeness (QED) is 0.763. The maximum absolute atomic E-state index is 13.6. The molecule has 1 aromatic carbocycles. The summed E-state index contributed by atoms with van der Waals surface area (Å²) in [5.74, 6) is -0.171. The van der Waals surface area contributed by atoms with Crippen LogP contribution in [0, 0.1) is 12.7 Å². The number of benzene rings is 1. The van der Waals surface area contributed by atoms with E-state index in [1.807, 2.05) is 13.0 Å². The fourth-order valence-electron chi connectivity index (χ4n) is 3.63. The largest absolute Gasteiger partial charge is 0.366 e. The number of hydrogen-bond acceptors (Lipinski definition) is 2. The highest BCUT2D eigenvalue weighted by molar-refractivity contribution is 9.10. The zero-order valence-corrected chi connectivity index (χ0v) is 13.8. The first-order valence-electron chi connectivity index (χ1n) is 7.52. The van der Waals surface area contributed by atoms with E-state index in [9.17, 15) is 4.39 Å². The molecule has 0 aromatic heterocycles. The number of aryl methyl sites for hydroxylation is 1. The maximum atomic E-state index is 13.6. The molecule has 0 bridgehead atoms. The third kappa shape index (κ3) is 2.60. The molecule has 0 N–H and O–H groups in total. The van der Waals surface area contributed by atoms with Crippen LogP contribution in [0.2, 0.25) is 0 Å². The van der Waals surface area contributed by atoms with Gasteiger partial charge in [0.15, 0.2) is 0 Å². The average Bonchev–Trinajstić information content (AvgIpc) is 2.42. The Hall–Kier alpha value is -0.610. The highest BCUT2D eigenvalue weighted by atomic mass is 79.9. The molecule has 2 unspecified atom stereocenters. The molecule has 20 heavy (non-hydrogen) atoms. The van der Waals surface area contributed by atoms with Crippen LogP contribution >= 0.6 is 15.9 Å². The van der Waals surface area contributed by atoms with Gasteiger partial charge in [-0.3, -0.25) is 4.90 Å². The molecule has 2 fully saturated rings. The van der Waals surface area contributed by atoms with Crippen LogP contribution in [0.5, 0.6) is 0 Å². The van der Waals surface area contributed by atoms with Gasteiger partial charge in [0.05, 0.1) is 4.47 Å². The van der Waals surface area contributed by atoms with E-state index in [4.69, 9.17) is 0 Å². The van der Waals surface area contributed by atoms with E-state index < -0.39 is 0 Å². The lowest BCUT2D eigenvalue weighted by molar-refractivity contribution is 0.115. The number of halogens is 2. The average molecular weight is 341 g/mol. The second-order valence-electron chi connectivity index (χ2n) is 6.20. The molecule has 0 radical (unpaired) electrons. The number of hydrogen-bond donors (Lipinski definition) is 0. The summed E-state index contributed by atoms with van der Waals surface area (Å²) in [7, 11) is 0. The van der Waals surface area contributed by atoms with Crippen LogP contribution in [0.25, 0.3) is 0 Å². The Morgan fingerprint density at radius 1 is 1.25 bits per heavy atom.